The van der Waals surface area contributed by atoms with Gasteiger partial charge in [-0.15, -0.1) is 0 Å². The Labute approximate surface area is 374 Å². The topological polar surface area (TPSA) is 170 Å². The van der Waals surface area contributed by atoms with Gasteiger partial charge in [0.15, 0.2) is 11.6 Å². The first kappa shape index (κ1) is 49.0. The molecule has 12 nitrogen and oxygen atoms in total. The fourth-order valence-corrected chi connectivity index (χ4v) is 11.6. The van der Waals surface area contributed by atoms with Gasteiger partial charge in [-0.3, -0.25) is 14.4 Å². The van der Waals surface area contributed by atoms with Crippen LogP contribution in [0.15, 0.2) is 36.4 Å². The van der Waals surface area contributed by atoms with E-state index in [4.69, 9.17) is 35.3 Å². The molecule has 1 aromatic carbocycles. The van der Waals surface area contributed by atoms with E-state index in [0.29, 0.717) is 68.4 Å². The first-order chi connectivity index (χ1) is 29.2. The minimum absolute atomic E-state index is 0.0322. The summed E-state index contributed by atoms with van der Waals surface area (Å²) in [6.45, 7) is 19.6. The van der Waals surface area contributed by atoms with Gasteiger partial charge >= 0.3 is 5.97 Å². The lowest BCUT2D eigenvalue weighted by Crippen LogP contribution is -2.65. The monoisotopic (exact) mass is 887 g/mol. The number of carbonyl (C=O) groups excluding carboxylic acids is 2. The maximum absolute atomic E-state index is 14.7. The Bertz CT molecular complexity index is 1780. The normalized spacial score (nSPS) is 41.0. The van der Waals surface area contributed by atoms with Crippen molar-refractivity contribution in [3.8, 4) is 0 Å². The van der Waals surface area contributed by atoms with Crippen LogP contribution in [0.3, 0.4) is 0 Å². The molecule has 4 N–H and O–H groups in total. The number of hydrogen-bond donors (Lipinski definition) is 4. The van der Waals surface area contributed by atoms with Crippen molar-refractivity contribution >= 4 is 29.3 Å². The molecule has 5 aliphatic heterocycles. The molecule has 2 spiro atoms. The number of aliphatic carboxylic acids is 1. The van der Waals surface area contributed by atoms with Crippen molar-refractivity contribution in [2.24, 2.45) is 41.4 Å². The first-order valence-electron chi connectivity index (χ1n) is 23.5. The molecule has 4 saturated heterocycles. The summed E-state index contributed by atoms with van der Waals surface area (Å²) in [6.07, 6.45) is 6.35. The Morgan fingerprint density at radius 3 is 2.18 bits per heavy atom. The van der Waals surface area contributed by atoms with Crippen LogP contribution in [-0.2, 0) is 33.3 Å². The second kappa shape index (κ2) is 19.2. The predicted octanol–water partition coefficient (Wildman–Crippen LogP) is 8.28. The third kappa shape index (κ3) is 9.46. The number of aliphatic hydroxyl groups excluding tert-OH is 1. The summed E-state index contributed by atoms with van der Waals surface area (Å²) in [5.41, 5.74) is -1.31. The van der Waals surface area contributed by atoms with Crippen LogP contribution in [-0.4, -0.2) is 98.4 Å². The molecular formula is C49H74ClNO11. The molecule has 348 valence electrons. The number of amides is 1. The zero-order chi connectivity index (χ0) is 45.5. The number of benzene rings is 1. The molecule has 1 aromatic rings. The highest BCUT2D eigenvalue weighted by atomic mass is 35.5. The number of carbonyl (C=O) groups is 3. The molecule has 6 rings (SSSR count). The lowest BCUT2D eigenvalue weighted by molar-refractivity contribution is -0.397. The van der Waals surface area contributed by atoms with Gasteiger partial charge in [0.25, 0.3) is 5.91 Å². The molecule has 62 heavy (non-hydrogen) atoms. The van der Waals surface area contributed by atoms with Gasteiger partial charge in [-0.1, -0.05) is 73.1 Å². The van der Waals surface area contributed by atoms with Crippen LogP contribution in [0, 0.1) is 41.4 Å². The van der Waals surface area contributed by atoms with Gasteiger partial charge in [0.2, 0.25) is 0 Å². The summed E-state index contributed by atoms with van der Waals surface area (Å²) in [4.78, 5) is 40.5. The number of hydrogen-bond acceptors (Lipinski definition) is 10. The van der Waals surface area contributed by atoms with Crippen LogP contribution < -0.4 is 5.32 Å². The van der Waals surface area contributed by atoms with E-state index < -0.39 is 89.0 Å². The van der Waals surface area contributed by atoms with E-state index in [1.807, 2.05) is 53.7 Å². The van der Waals surface area contributed by atoms with Crippen molar-refractivity contribution in [1.82, 2.24) is 5.32 Å². The number of nitrogens with one attached hydrogen (secondary N) is 1. The summed E-state index contributed by atoms with van der Waals surface area (Å²) < 4.78 is 34.6. The number of rotatable bonds is 14. The average Bonchev–Trinajstić information content (AvgIpc) is 3.58. The second-order valence-electron chi connectivity index (χ2n) is 19.9. The molecule has 13 heteroatoms. The first-order valence-corrected chi connectivity index (χ1v) is 23.9. The third-order valence-corrected chi connectivity index (χ3v) is 16.1. The Morgan fingerprint density at radius 1 is 0.887 bits per heavy atom. The zero-order valence-corrected chi connectivity index (χ0v) is 39.4. The molecule has 0 unspecified atom stereocenters. The number of carboxylic acid groups (broad SMARTS) is 1. The molecular weight excluding hydrogens is 814 g/mol. The van der Waals surface area contributed by atoms with Crippen molar-refractivity contribution < 1.29 is 53.4 Å². The molecule has 0 radical (unpaired) electrons. The van der Waals surface area contributed by atoms with E-state index in [1.165, 1.54) is 0 Å². The van der Waals surface area contributed by atoms with E-state index in [-0.39, 0.29) is 35.5 Å². The smallest absolute Gasteiger partial charge is 0.309 e. The Kier molecular flexibility index (Phi) is 15.2. The Morgan fingerprint density at radius 2 is 1.56 bits per heavy atom. The summed E-state index contributed by atoms with van der Waals surface area (Å²) in [5.74, 6) is -6.45. The van der Waals surface area contributed by atoms with Gasteiger partial charge in [-0.25, -0.2) is 0 Å². The van der Waals surface area contributed by atoms with Crippen molar-refractivity contribution in [3.05, 3.63) is 47.0 Å². The molecule has 0 bridgehead atoms. The van der Waals surface area contributed by atoms with Crippen molar-refractivity contribution in [2.75, 3.05) is 0 Å². The van der Waals surface area contributed by atoms with Crippen molar-refractivity contribution in [3.63, 3.8) is 0 Å². The van der Waals surface area contributed by atoms with Gasteiger partial charge in [-0.2, -0.15) is 0 Å². The van der Waals surface area contributed by atoms with Crippen molar-refractivity contribution in [1.29, 1.82) is 0 Å². The van der Waals surface area contributed by atoms with Crippen molar-refractivity contribution in [2.45, 2.75) is 199 Å². The van der Waals surface area contributed by atoms with E-state index in [9.17, 15) is 29.7 Å². The maximum Gasteiger partial charge on any atom is 0.309 e. The zero-order valence-electron chi connectivity index (χ0n) is 38.6. The summed E-state index contributed by atoms with van der Waals surface area (Å²) in [6, 6.07) is 5.97. The number of halogens is 1. The molecule has 4 fully saturated rings. The second-order valence-corrected chi connectivity index (χ2v) is 20.4. The van der Waals surface area contributed by atoms with Crippen LogP contribution >= 0.6 is 11.6 Å². The Hall–Kier alpha value is -2.42. The molecule has 0 aliphatic carbocycles. The van der Waals surface area contributed by atoms with E-state index >= 15 is 0 Å². The summed E-state index contributed by atoms with van der Waals surface area (Å²) in [5, 5.41) is 36.7. The highest BCUT2D eigenvalue weighted by Crippen LogP contribution is 2.54. The summed E-state index contributed by atoms with van der Waals surface area (Å²) >= 11 is 6.15. The van der Waals surface area contributed by atoms with Gasteiger partial charge in [0.1, 0.15) is 11.8 Å². The van der Waals surface area contributed by atoms with E-state index in [0.717, 1.165) is 6.42 Å². The average molecular weight is 889 g/mol. The fourth-order valence-electron chi connectivity index (χ4n) is 11.5. The van der Waals surface area contributed by atoms with Crippen LogP contribution in [0.1, 0.15) is 144 Å². The third-order valence-electron chi connectivity index (χ3n) is 15.9. The van der Waals surface area contributed by atoms with Crippen LogP contribution in [0.25, 0.3) is 0 Å². The predicted molar refractivity (Wildman–Crippen MR) is 235 cm³/mol. The van der Waals surface area contributed by atoms with Gasteiger partial charge in [0, 0.05) is 40.7 Å². The van der Waals surface area contributed by atoms with E-state index in [2.05, 4.69) is 26.1 Å². The summed E-state index contributed by atoms with van der Waals surface area (Å²) in [7, 11) is 0. The number of Topliss-reactive ketones (excluding diaryl/α,β-unsaturated/α-hetero) is 1. The Balaban J connectivity index is 1.25. The molecule has 0 aromatic heterocycles. The largest absolute Gasteiger partial charge is 0.481 e. The van der Waals surface area contributed by atoms with Gasteiger partial charge in [-0.05, 0) is 114 Å². The maximum atomic E-state index is 14.7. The number of ether oxygens (including phenoxy) is 5. The van der Waals surface area contributed by atoms with E-state index in [1.54, 1.807) is 31.2 Å². The molecule has 0 saturated carbocycles. The van der Waals surface area contributed by atoms with Crippen LogP contribution in [0.5, 0.6) is 0 Å². The molecule has 18 atom stereocenters. The number of carboxylic acids is 1. The minimum Gasteiger partial charge on any atom is -0.481 e. The minimum atomic E-state index is -1.37. The highest BCUT2D eigenvalue weighted by molar-refractivity contribution is 6.30. The number of aliphatic hydroxyl groups is 2. The van der Waals surface area contributed by atoms with Crippen LogP contribution in [0.4, 0.5) is 0 Å². The molecule has 1 amide bonds. The lowest BCUT2D eigenvalue weighted by atomic mass is 9.72. The number of ketones is 1. The van der Waals surface area contributed by atoms with Gasteiger partial charge in [0.05, 0.1) is 53.7 Å². The van der Waals surface area contributed by atoms with Gasteiger partial charge < -0.3 is 44.3 Å². The highest BCUT2D eigenvalue weighted by Gasteiger charge is 2.63. The lowest BCUT2D eigenvalue weighted by Gasteiger charge is -2.55. The standard InChI is InChI=1S/C49H74ClNO11/c1-11-35(45(55)56)37-19-14-27(4)42(59-37)31(8)40(52)30(7)41(53)36(12-2)43-28(5)26-29(6)48(60-43)23-20-38(51-44(54)33-15-17-34(50)18-16-33)49(62-48)25-24-46(10,61-49)39-21-22-47(57,13-3)32(9)58-39/h15-18,20,23,27-32,35-40,42-43,52,57H,11-14,19,21-22,24-26H2,1-10H3,(H,51,54)(H,55,56)/t27-,28-,29+,30-,31-,32-,35+,36-,37+,38-,39+,40+,42+,43-,46-,47+,48-,49-/m0/s1. The fraction of sp³-hybridized carbons (Fsp3) is 0.776. The quantitative estimate of drug-likeness (QED) is 0.133. The van der Waals surface area contributed by atoms with Crippen LogP contribution in [0.2, 0.25) is 5.02 Å². The molecule has 5 heterocycles. The SMILES string of the molecule is CC[C@@H](C(=O)[C@@H](C)[C@@H](O)[C@H](C)[C@@H]1O[C@@H]([C@@H](CC)C(=O)O)CC[C@@H]1C)[C@H]1O[C@]2(C=C[C@H](NC(=O)c3ccc(Cl)cc3)[C@]3(CC[C@@](C)([C@H]4CC[C@](O)(CC)[C@H](C)O4)O3)O2)[C@H](C)C[C@@H]1C. The molecule has 5 aliphatic rings.